The molecule has 190 valence electrons. The normalized spacial score (nSPS) is 10.5. The predicted octanol–water partition coefficient (Wildman–Crippen LogP) is 4.89. The van der Waals surface area contributed by atoms with Crippen LogP contribution in [0.1, 0.15) is 30.9 Å². The second-order valence-electron chi connectivity index (χ2n) is 7.06. The molecule has 0 spiro atoms. The molecule has 35 heavy (non-hydrogen) atoms. The van der Waals surface area contributed by atoms with Crippen molar-refractivity contribution in [2.24, 2.45) is 0 Å². The summed E-state index contributed by atoms with van der Waals surface area (Å²) in [6, 6.07) is 17.6. The maximum atomic E-state index is 11.1. The van der Waals surface area contributed by atoms with Crippen LogP contribution in [0.5, 0.6) is 5.75 Å². The first-order valence-corrected chi connectivity index (χ1v) is 11.3. The SMILES string of the molecule is Cc1ccc(C(C)C)cc1.O=S(=O)([O-])C(F)(F)F.[O-]c1cccc2cccnc12.[Ru+2].c1c[nH]cn1. The second-order valence-corrected chi connectivity index (χ2v) is 8.43. The number of nitrogens with one attached hydrogen (secondary N) is 1. The number of hydrogen-bond donors (Lipinski definition) is 1. The average molecular weight is 597 g/mol. The van der Waals surface area contributed by atoms with Crippen LogP contribution < -0.4 is 5.11 Å². The molecule has 0 saturated carbocycles. The number of rotatable bonds is 1. The zero-order chi connectivity index (χ0) is 25.8. The molecule has 0 unspecified atom stereocenters. The fraction of sp³-hybridized carbons (Fsp3) is 0.217. The van der Waals surface area contributed by atoms with Crippen LogP contribution in [0.2, 0.25) is 0 Å². The Hall–Kier alpha value is -2.82. The van der Waals surface area contributed by atoms with Crippen molar-refractivity contribution in [2.45, 2.75) is 32.2 Å². The molecule has 12 heteroatoms. The standard InChI is InChI=1S/C10H14.C9H7NO.C3H4N2.CHF3O3S.Ru/c1-8(2)10-6-4-9(3)5-7-10;11-8-5-1-3-7-4-2-6-10-9(7)8;1-2-5-3-4-1;2-1(3,4)8(5,6)7;/h4-8H,1-3H3;1-6,11H;1-3H,(H,4,5);(H,5,6,7);/q;;;;+2/p-2. The number of aryl methyl sites for hydroxylation is 1. The minimum Gasteiger partial charge on any atom is -0.871 e. The molecule has 1 N–H and O–H groups in total. The van der Waals surface area contributed by atoms with Crippen LogP contribution in [0.3, 0.4) is 0 Å². The molecule has 0 saturated heterocycles. The van der Waals surface area contributed by atoms with Gasteiger partial charge < -0.3 is 14.6 Å². The minimum atomic E-state index is -6.09. The molecule has 0 aliphatic rings. The number of nitrogens with zero attached hydrogens (tertiary/aromatic N) is 2. The van der Waals surface area contributed by atoms with Gasteiger partial charge in [0.05, 0.1) is 11.8 Å². The first-order valence-electron chi connectivity index (χ1n) is 9.85. The number of imidazole rings is 1. The fourth-order valence-electron chi connectivity index (χ4n) is 2.24. The fourth-order valence-corrected chi connectivity index (χ4v) is 2.24. The number of pyridine rings is 1. The van der Waals surface area contributed by atoms with E-state index in [9.17, 15) is 18.3 Å². The molecule has 0 fully saturated rings. The van der Waals surface area contributed by atoms with Gasteiger partial charge in [0.25, 0.3) is 0 Å². The van der Waals surface area contributed by atoms with E-state index in [1.165, 1.54) is 17.2 Å². The van der Waals surface area contributed by atoms with Crippen molar-refractivity contribution < 1.29 is 50.7 Å². The first kappa shape index (κ1) is 32.2. The second kappa shape index (κ2) is 15.2. The van der Waals surface area contributed by atoms with Crippen molar-refractivity contribution in [3.8, 4) is 5.75 Å². The number of para-hydroxylation sites is 1. The monoisotopic (exact) mass is 597 g/mol. The summed E-state index contributed by atoms with van der Waals surface area (Å²) >= 11 is 0. The van der Waals surface area contributed by atoms with Gasteiger partial charge in [-0.25, -0.2) is 13.4 Å². The predicted molar refractivity (Wildman–Crippen MR) is 121 cm³/mol. The molecule has 0 amide bonds. The van der Waals surface area contributed by atoms with Crippen LogP contribution in [0.4, 0.5) is 13.2 Å². The molecule has 0 aliphatic carbocycles. The number of alkyl halides is 3. The van der Waals surface area contributed by atoms with Gasteiger partial charge in [0.15, 0.2) is 10.1 Å². The molecule has 2 aromatic heterocycles. The van der Waals surface area contributed by atoms with Crippen molar-refractivity contribution in [3.05, 3.63) is 90.6 Å². The van der Waals surface area contributed by atoms with Crippen molar-refractivity contribution >= 4 is 21.0 Å². The summed E-state index contributed by atoms with van der Waals surface area (Å²) < 4.78 is 58.9. The quantitative estimate of drug-likeness (QED) is 0.190. The maximum Gasteiger partial charge on any atom is 2.00 e. The van der Waals surface area contributed by atoms with Crippen molar-refractivity contribution in [1.82, 2.24) is 15.0 Å². The summed E-state index contributed by atoms with van der Waals surface area (Å²) in [5.74, 6) is 0.642. The summed E-state index contributed by atoms with van der Waals surface area (Å²) in [5, 5.41) is 12.0. The van der Waals surface area contributed by atoms with Gasteiger partial charge in [0.1, 0.15) is 0 Å². The van der Waals surface area contributed by atoms with Crippen molar-refractivity contribution in [3.63, 3.8) is 0 Å². The molecular formula is C23H24F3N3O4RuS. The van der Waals surface area contributed by atoms with Gasteiger partial charge in [-0.15, -0.1) is 0 Å². The summed E-state index contributed by atoms with van der Waals surface area (Å²) in [7, 11) is -6.09. The van der Waals surface area contributed by atoms with Crippen LogP contribution in [0, 0.1) is 6.92 Å². The van der Waals surface area contributed by atoms with Crippen LogP contribution in [-0.2, 0) is 29.6 Å². The first-order chi connectivity index (χ1) is 15.8. The summed E-state index contributed by atoms with van der Waals surface area (Å²) in [5.41, 5.74) is -2.34. The third kappa shape index (κ3) is 12.5. The molecule has 4 aromatic rings. The van der Waals surface area contributed by atoms with Gasteiger partial charge in [-0.05, 0) is 29.9 Å². The minimum absolute atomic E-state index is 0. The maximum absolute atomic E-state index is 11.1. The van der Waals surface area contributed by atoms with E-state index in [0.29, 0.717) is 11.4 Å². The van der Waals surface area contributed by atoms with E-state index >= 15 is 0 Å². The largest absolute Gasteiger partial charge is 2.00 e. The number of aromatic nitrogens is 3. The third-order valence-corrected chi connectivity index (χ3v) is 4.60. The number of hydrogen-bond acceptors (Lipinski definition) is 6. The Morgan fingerprint density at radius 1 is 0.971 bits per heavy atom. The van der Waals surface area contributed by atoms with E-state index < -0.39 is 15.6 Å². The van der Waals surface area contributed by atoms with Crippen molar-refractivity contribution in [2.75, 3.05) is 0 Å². The Bertz CT molecular complexity index is 1200. The summed E-state index contributed by atoms with van der Waals surface area (Å²) in [4.78, 5) is 10.4. The number of halogens is 3. The molecule has 7 nitrogen and oxygen atoms in total. The molecule has 0 bridgehead atoms. The van der Waals surface area contributed by atoms with E-state index in [1.54, 1.807) is 31.0 Å². The zero-order valence-electron chi connectivity index (χ0n) is 19.0. The van der Waals surface area contributed by atoms with E-state index in [-0.39, 0.29) is 25.2 Å². The molecule has 2 heterocycles. The Balaban J connectivity index is 0.000000451. The Morgan fingerprint density at radius 2 is 1.54 bits per heavy atom. The smallest absolute Gasteiger partial charge is 0.871 e. The Morgan fingerprint density at radius 3 is 1.94 bits per heavy atom. The Labute approximate surface area is 215 Å². The number of aromatic amines is 1. The van der Waals surface area contributed by atoms with E-state index in [2.05, 4.69) is 60.0 Å². The van der Waals surface area contributed by atoms with Crippen LogP contribution in [0.15, 0.2) is 79.5 Å². The average Bonchev–Trinajstić information content (AvgIpc) is 3.34. The van der Waals surface area contributed by atoms with Crippen LogP contribution >= 0.6 is 0 Å². The molecule has 0 atom stereocenters. The summed E-state index contributed by atoms with van der Waals surface area (Å²) in [6.45, 7) is 6.54. The molecular weight excluding hydrogens is 572 g/mol. The molecule has 2 aromatic carbocycles. The van der Waals surface area contributed by atoms with Gasteiger partial charge in [-0.3, -0.25) is 4.98 Å². The van der Waals surface area contributed by atoms with Crippen LogP contribution in [0.25, 0.3) is 10.9 Å². The number of H-pyrrole nitrogens is 1. The van der Waals surface area contributed by atoms with Crippen molar-refractivity contribution in [1.29, 1.82) is 0 Å². The number of benzene rings is 2. The van der Waals surface area contributed by atoms with Gasteiger partial charge in [0, 0.05) is 18.6 Å². The molecule has 0 aliphatic heterocycles. The van der Waals surface area contributed by atoms with Gasteiger partial charge >= 0.3 is 25.0 Å². The summed E-state index contributed by atoms with van der Waals surface area (Å²) in [6.07, 6.45) is 6.71. The zero-order valence-corrected chi connectivity index (χ0v) is 21.6. The van der Waals surface area contributed by atoms with E-state index in [0.717, 1.165) is 5.39 Å². The topological polar surface area (TPSA) is 122 Å². The number of fused-ring (bicyclic) bond motifs is 1. The van der Waals surface area contributed by atoms with Crippen LogP contribution in [-0.4, -0.2) is 33.4 Å². The van der Waals surface area contributed by atoms with Gasteiger partial charge in [0.2, 0.25) is 0 Å². The van der Waals surface area contributed by atoms with E-state index in [4.69, 9.17) is 13.0 Å². The molecule has 4 rings (SSSR count). The Kier molecular flexibility index (Phi) is 14.0. The van der Waals surface area contributed by atoms with Gasteiger partial charge in [-0.1, -0.05) is 73.7 Å². The van der Waals surface area contributed by atoms with Gasteiger partial charge in [-0.2, -0.15) is 13.2 Å². The molecule has 0 radical (unpaired) electrons. The van der Waals surface area contributed by atoms with E-state index in [1.807, 2.05) is 18.2 Å². The third-order valence-electron chi connectivity index (χ3n) is 4.03.